The Morgan fingerprint density at radius 3 is 2.83 bits per heavy atom. The molecule has 1 aromatic heterocycles. The van der Waals surface area contributed by atoms with E-state index in [1.54, 1.807) is 6.20 Å². The van der Waals surface area contributed by atoms with Gasteiger partial charge in [0.2, 0.25) is 0 Å². The Morgan fingerprint density at radius 1 is 1.50 bits per heavy atom. The summed E-state index contributed by atoms with van der Waals surface area (Å²) in [7, 11) is 1.99. The van der Waals surface area contributed by atoms with E-state index in [9.17, 15) is 4.79 Å². The second-order valence-electron chi connectivity index (χ2n) is 5.10. The van der Waals surface area contributed by atoms with Gasteiger partial charge in [-0.25, -0.2) is 0 Å². The van der Waals surface area contributed by atoms with Crippen LogP contribution in [0.4, 0.5) is 0 Å². The van der Waals surface area contributed by atoms with Gasteiger partial charge in [0.1, 0.15) is 0 Å². The van der Waals surface area contributed by atoms with E-state index in [4.69, 9.17) is 0 Å². The number of likely N-dealkylation sites (tertiary alicyclic amines) is 1. The van der Waals surface area contributed by atoms with Crippen LogP contribution in [0.1, 0.15) is 29.4 Å². The van der Waals surface area contributed by atoms with E-state index < -0.39 is 0 Å². The van der Waals surface area contributed by atoms with E-state index in [1.807, 2.05) is 31.0 Å². The molecule has 1 amide bonds. The van der Waals surface area contributed by atoms with Crippen molar-refractivity contribution < 1.29 is 4.79 Å². The number of carbonyl (C=O) groups is 1. The number of hydrogen-bond donors (Lipinski definition) is 1. The standard InChI is InChI=1S/C14H21N3O/c1-10-9-17(7-6-13(10)15-3)14(18)12-5-4-11(2)16-8-12/h4-5,8,10,13,15H,6-7,9H2,1-3H3. The van der Waals surface area contributed by atoms with E-state index in [1.165, 1.54) is 0 Å². The largest absolute Gasteiger partial charge is 0.338 e. The van der Waals surface area contributed by atoms with Gasteiger partial charge in [0.05, 0.1) is 5.56 Å². The minimum atomic E-state index is 0.101. The summed E-state index contributed by atoms with van der Waals surface area (Å²) < 4.78 is 0. The van der Waals surface area contributed by atoms with Crippen LogP contribution < -0.4 is 5.32 Å². The van der Waals surface area contributed by atoms with Crippen LogP contribution in [0.15, 0.2) is 18.3 Å². The maximum absolute atomic E-state index is 12.3. The van der Waals surface area contributed by atoms with Crippen molar-refractivity contribution in [3.05, 3.63) is 29.6 Å². The number of amides is 1. The molecule has 1 saturated heterocycles. The summed E-state index contributed by atoms with van der Waals surface area (Å²) in [6.45, 7) is 5.75. The van der Waals surface area contributed by atoms with Crippen molar-refractivity contribution in [2.45, 2.75) is 26.3 Å². The number of aryl methyl sites for hydroxylation is 1. The third-order valence-corrected chi connectivity index (χ3v) is 3.72. The molecule has 4 nitrogen and oxygen atoms in total. The number of piperidine rings is 1. The SMILES string of the molecule is CNC1CCN(C(=O)c2ccc(C)nc2)CC1C. The fourth-order valence-corrected chi connectivity index (χ4v) is 2.54. The molecule has 1 aliphatic rings. The van der Waals surface area contributed by atoms with Crippen LogP contribution in [0.3, 0.4) is 0 Å². The Bertz CT molecular complexity index is 416. The van der Waals surface area contributed by atoms with Gasteiger partial charge in [-0.15, -0.1) is 0 Å². The van der Waals surface area contributed by atoms with Crippen LogP contribution >= 0.6 is 0 Å². The fourth-order valence-electron chi connectivity index (χ4n) is 2.54. The molecular weight excluding hydrogens is 226 g/mol. The van der Waals surface area contributed by atoms with E-state index in [0.29, 0.717) is 17.5 Å². The molecule has 0 spiro atoms. The summed E-state index contributed by atoms with van der Waals surface area (Å²) in [4.78, 5) is 18.4. The van der Waals surface area contributed by atoms with Crippen LogP contribution in [0.5, 0.6) is 0 Å². The average molecular weight is 247 g/mol. The first kappa shape index (κ1) is 13.0. The van der Waals surface area contributed by atoms with Crippen LogP contribution in [-0.2, 0) is 0 Å². The van der Waals surface area contributed by atoms with Gasteiger partial charge < -0.3 is 10.2 Å². The van der Waals surface area contributed by atoms with Crippen LogP contribution in [0.25, 0.3) is 0 Å². The van der Waals surface area contributed by atoms with Crippen molar-refractivity contribution in [2.24, 2.45) is 5.92 Å². The van der Waals surface area contributed by atoms with E-state index in [2.05, 4.69) is 17.2 Å². The van der Waals surface area contributed by atoms with Gasteiger partial charge in [-0.05, 0) is 38.4 Å². The zero-order valence-corrected chi connectivity index (χ0v) is 11.3. The molecule has 2 heterocycles. The normalized spacial score (nSPS) is 24.1. The zero-order chi connectivity index (χ0) is 13.1. The monoisotopic (exact) mass is 247 g/mol. The molecule has 18 heavy (non-hydrogen) atoms. The molecular formula is C14H21N3O. The third-order valence-electron chi connectivity index (χ3n) is 3.72. The summed E-state index contributed by atoms with van der Waals surface area (Å²) in [6.07, 6.45) is 2.69. The lowest BCUT2D eigenvalue weighted by Crippen LogP contribution is -2.49. The molecule has 1 aliphatic heterocycles. The first-order valence-corrected chi connectivity index (χ1v) is 6.51. The quantitative estimate of drug-likeness (QED) is 0.860. The van der Waals surface area contributed by atoms with Crippen LogP contribution in [0, 0.1) is 12.8 Å². The van der Waals surface area contributed by atoms with Gasteiger partial charge in [-0.2, -0.15) is 0 Å². The number of carbonyl (C=O) groups excluding carboxylic acids is 1. The fraction of sp³-hybridized carbons (Fsp3) is 0.571. The lowest BCUT2D eigenvalue weighted by atomic mass is 9.93. The maximum Gasteiger partial charge on any atom is 0.255 e. The van der Waals surface area contributed by atoms with Gasteiger partial charge in [-0.1, -0.05) is 6.92 Å². The molecule has 98 valence electrons. The Kier molecular flexibility index (Phi) is 3.97. The topological polar surface area (TPSA) is 45.2 Å². The molecule has 2 rings (SSSR count). The highest BCUT2D eigenvalue weighted by Gasteiger charge is 2.28. The van der Waals surface area contributed by atoms with Crippen LogP contribution in [-0.4, -0.2) is 42.0 Å². The Hall–Kier alpha value is -1.42. The number of pyridine rings is 1. The van der Waals surface area contributed by atoms with Gasteiger partial charge in [0, 0.05) is 31.0 Å². The molecule has 2 unspecified atom stereocenters. The minimum Gasteiger partial charge on any atom is -0.338 e. The lowest BCUT2D eigenvalue weighted by molar-refractivity contribution is 0.0649. The van der Waals surface area contributed by atoms with E-state index in [-0.39, 0.29) is 5.91 Å². The van der Waals surface area contributed by atoms with Crippen molar-refractivity contribution in [1.82, 2.24) is 15.2 Å². The van der Waals surface area contributed by atoms with Gasteiger partial charge in [-0.3, -0.25) is 9.78 Å². The summed E-state index contributed by atoms with van der Waals surface area (Å²) in [6, 6.07) is 4.27. The number of nitrogens with zero attached hydrogens (tertiary/aromatic N) is 2. The summed E-state index contributed by atoms with van der Waals surface area (Å²) in [5.41, 5.74) is 1.63. The number of rotatable bonds is 2. The molecule has 0 aliphatic carbocycles. The molecule has 1 aromatic rings. The van der Waals surface area contributed by atoms with Crippen molar-refractivity contribution >= 4 is 5.91 Å². The van der Waals surface area contributed by atoms with Crippen molar-refractivity contribution in [3.8, 4) is 0 Å². The predicted octanol–water partition coefficient (Wildman–Crippen LogP) is 1.46. The molecule has 1 N–H and O–H groups in total. The average Bonchev–Trinajstić information content (AvgIpc) is 2.38. The van der Waals surface area contributed by atoms with Crippen molar-refractivity contribution in [3.63, 3.8) is 0 Å². The van der Waals surface area contributed by atoms with Crippen molar-refractivity contribution in [1.29, 1.82) is 0 Å². The molecule has 0 saturated carbocycles. The second kappa shape index (κ2) is 5.48. The summed E-state index contributed by atoms with van der Waals surface area (Å²) in [5, 5.41) is 3.31. The molecule has 0 aromatic carbocycles. The highest BCUT2D eigenvalue weighted by molar-refractivity contribution is 5.94. The van der Waals surface area contributed by atoms with Gasteiger partial charge >= 0.3 is 0 Å². The molecule has 2 atom stereocenters. The smallest absolute Gasteiger partial charge is 0.255 e. The van der Waals surface area contributed by atoms with Crippen molar-refractivity contribution in [2.75, 3.05) is 20.1 Å². The Morgan fingerprint density at radius 2 is 2.28 bits per heavy atom. The molecule has 1 fully saturated rings. The number of aromatic nitrogens is 1. The lowest BCUT2D eigenvalue weighted by Gasteiger charge is -2.36. The minimum absolute atomic E-state index is 0.101. The van der Waals surface area contributed by atoms with Gasteiger partial charge in [0.25, 0.3) is 5.91 Å². The maximum atomic E-state index is 12.3. The van der Waals surface area contributed by atoms with Crippen LogP contribution in [0.2, 0.25) is 0 Å². The zero-order valence-electron chi connectivity index (χ0n) is 11.3. The Labute approximate surface area is 108 Å². The molecule has 0 bridgehead atoms. The third kappa shape index (κ3) is 2.70. The Balaban J connectivity index is 2.04. The highest BCUT2D eigenvalue weighted by Crippen LogP contribution is 2.18. The second-order valence-corrected chi connectivity index (χ2v) is 5.10. The first-order valence-electron chi connectivity index (χ1n) is 6.51. The van der Waals surface area contributed by atoms with Gasteiger partial charge in [0.15, 0.2) is 0 Å². The van der Waals surface area contributed by atoms with E-state index in [0.717, 1.165) is 25.2 Å². The van der Waals surface area contributed by atoms with E-state index >= 15 is 0 Å². The summed E-state index contributed by atoms with van der Waals surface area (Å²) in [5.74, 6) is 0.593. The highest BCUT2D eigenvalue weighted by atomic mass is 16.2. The summed E-state index contributed by atoms with van der Waals surface area (Å²) >= 11 is 0. The predicted molar refractivity (Wildman–Crippen MR) is 71.5 cm³/mol. The first-order chi connectivity index (χ1) is 8.61. The number of hydrogen-bond acceptors (Lipinski definition) is 3. The molecule has 0 radical (unpaired) electrons. The molecule has 4 heteroatoms. The number of nitrogens with one attached hydrogen (secondary N) is 1.